The Labute approximate surface area is 102 Å². The lowest BCUT2D eigenvalue weighted by molar-refractivity contribution is 0.0456. The quantitative estimate of drug-likeness (QED) is 0.852. The number of rotatable bonds is 5. The summed E-state index contributed by atoms with van der Waals surface area (Å²) in [4.78, 5) is 0. The molecule has 0 spiro atoms. The highest BCUT2D eigenvalue weighted by Gasteiger charge is 2.09. The van der Waals surface area contributed by atoms with Crippen LogP contribution in [-0.2, 0) is 11.3 Å². The topological polar surface area (TPSA) is 35.2 Å². The molecular weight excluding hydrogens is 210 g/mol. The van der Waals surface area contributed by atoms with E-state index in [2.05, 4.69) is 12.1 Å². The van der Waals surface area contributed by atoms with E-state index in [1.807, 2.05) is 48.5 Å². The molecule has 2 aromatic rings. The summed E-state index contributed by atoms with van der Waals surface area (Å²) in [6, 6.07) is 20.2. The number of hydrogen-bond donors (Lipinski definition) is 1. The van der Waals surface area contributed by atoms with Crippen molar-refractivity contribution in [3.63, 3.8) is 0 Å². The Morgan fingerprint density at radius 1 is 0.882 bits per heavy atom. The molecule has 0 heterocycles. The molecule has 0 aliphatic carbocycles. The molecule has 88 valence electrons. The molecule has 0 aromatic heterocycles. The first-order valence-corrected chi connectivity index (χ1v) is 5.80. The molecule has 1 atom stereocenters. The van der Waals surface area contributed by atoms with Gasteiger partial charge in [0.15, 0.2) is 0 Å². The summed E-state index contributed by atoms with van der Waals surface area (Å²) >= 11 is 0. The van der Waals surface area contributed by atoms with Gasteiger partial charge in [0.2, 0.25) is 0 Å². The van der Waals surface area contributed by atoms with Gasteiger partial charge in [0, 0.05) is 6.54 Å². The molecular formula is C15H17NO. The molecule has 17 heavy (non-hydrogen) atoms. The van der Waals surface area contributed by atoms with Gasteiger partial charge in [-0.25, -0.2) is 0 Å². The second-order valence-corrected chi connectivity index (χ2v) is 3.93. The summed E-state index contributed by atoms with van der Waals surface area (Å²) in [5.41, 5.74) is 8.04. The molecule has 2 heteroatoms. The van der Waals surface area contributed by atoms with Gasteiger partial charge in [0.25, 0.3) is 0 Å². The lowest BCUT2D eigenvalue weighted by Gasteiger charge is -2.16. The van der Waals surface area contributed by atoms with Crippen LogP contribution in [0.25, 0.3) is 0 Å². The average molecular weight is 227 g/mol. The predicted molar refractivity (Wildman–Crippen MR) is 69.5 cm³/mol. The minimum absolute atomic E-state index is 0.0311. The Morgan fingerprint density at radius 2 is 1.47 bits per heavy atom. The molecule has 0 fully saturated rings. The summed E-state index contributed by atoms with van der Waals surface area (Å²) in [5, 5.41) is 0. The predicted octanol–water partition coefficient (Wildman–Crippen LogP) is 2.90. The van der Waals surface area contributed by atoms with Crippen LogP contribution in [-0.4, -0.2) is 6.54 Å². The van der Waals surface area contributed by atoms with Gasteiger partial charge in [-0.05, 0) is 11.1 Å². The van der Waals surface area contributed by atoms with Crippen molar-refractivity contribution in [2.75, 3.05) is 6.54 Å². The molecule has 2 N–H and O–H groups in total. The number of benzene rings is 2. The number of hydrogen-bond acceptors (Lipinski definition) is 2. The fourth-order valence-electron chi connectivity index (χ4n) is 1.74. The Hall–Kier alpha value is -1.64. The molecule has 0 saturated heterocycles. The highest BCUT2D eigenvalue weighted by molar-refractivity contribution is 5.18. The maximum Gasteiger partial charge on any atom is 0.0951 e. The standard InChI is InChI=1S/C15H17NO/c16-11-15(14-9-5-2-6-10-14)17-12-13-7-3-1-4-8-13/h1-10,15H,11-12,16H2/t15-/m1/s1. The van der Waals surface area contributed by atoms with E-state index in [1.165, 1.54) is 5.56 Å². The number of nitrogens with two attached hydrogens (primary N) is 1. The van der Waals surface area contributed by atoms with Crippen LogP contribution in [0.1, 0.15) is 17.2 Å². The zero-order chi connectivity index (χ0) is 11.9. The molecule has 0 saturated carbocycles. The third-order valence-corrected chi connectivity index (χ3v) is 2.68. The summed E-state index contributed by atoms with van der Waals surface area (Å²) in [5.74, 6) is 0. The van der Waals surface area contributed by atoms with E-state index in [-0.39, 0.29) is 6.10 Å². The van der Waals surface area contributed by atoms with E-state index in [9.17, 15) is 0 Å². The molecule has 0 radical (unpaired) electrons. The Balaban J connectivity index is 1.97. The maximum absolute atomic E-state index is 5.84. The van der Waals surface area contributed by atoms with E-state index in [0.717, 1.165) is 5.56 Å². The molecule has 0 aliphatic heterocycles. The van der Waals surface area contributed by atoms with Crippen LogP contribution in [0.3, 0.4) is 0 Å². The van der Waals surface area contributed by atoms with Gasteiger partial charge in [-0.1, -0.05) is 60.7 Å². The number of ether oxygens (including phenoxy) is 1. The first kappa shape index (κ1) is 11.8. The smallest absolute Gasteiger partial charge is 0.0951 e. The van der Waals surface area contributed by atoms with Crippen molar-refractivity contribution in [2.24, 2.45) is 5.73 Å². The van der Waals surface area contributed by atoms with Gasteiger partial charge in [-0.2, -0.15) is 0 Å². The molecule has 2 aromatic carbocycles. The lowest BCUT2D eigenvalue weighted by atomic mass is 10.1. The largest absolute Gasteiger partial charge is 0.368 e. The third kappa shape index (κ3) is 3.41. The van der Waals surface area contributed by atoms with E-state index in [4.69, 9.17) is 10.5 Å². The highest BCUT2D eigenvalue weighted by Crippen LogP contribution is 2.17. The molecule has 0 bridgehead atoms. The molecule has 2 nitrogen and oxygen atoms in total. The minimum Gasteiger partial charge on any atom is -0.368 e. The van der Waals surface area contributed by atoms with Gasteiger partial charge < -0.3 is 10.5 Å². The maximum atomic E-state index is 5.84. The van der Waals surface area contributed by atoms with E-state index >= 15 is 0 Å². The van der Waals surface area contributed by atoms with Crippen LogP contribution in [0.15, 0.2) is 60.7 Å². The Kier molecular flexibility index (Phi) is 4.30. The fourth-order valence-corrected chi connectivity index (χ4v) is 1.74. The second-order valence-electron chi connectivity index (χ2n) is 3.93. The Morgan fingerprint density at radius 3 is 2.06 bits per heavy atom. The van der Waals surface area contributed by atoms with Gasteiger partial charge in [-0.15, -0.1) is 0 Å². The van der Waals surface area contributed by atoms with Crippen molar-refractivity contribution in [1.29, 1.82) is 0 Å². The van der Waals surface area contributed by atoms with Crippen molar-refractivity contribution in [2.45, 2.75) is 12.7 Å². The van der Waals surface area contributed by atoms with Crippen LogP contribution in [0.2, 0.25) is 0 Å². The van der Waals surface area contributed by atoms with Crippen molar-refractivity contribution >= 4 is 0 Å². The van der Waals surface area contributed by atoms with Crippen molar-refractivity contribution in [3.05, 3.63) is 71.8 Å². The summed E-state index contributed by atoms with van der Waals surface area (Å²) in [6.07, 6.45) is -0.0311. The van der Waals surface area contributed by atoms with Gasteiger partial charge in [0.05, 0.1) is 12.7 Å². The minimum atomic E-state index is -0.0311. The van der Waals surface area contributed by atoms with Gasteiger partial charge in [-0.3, -0.25) is 0 Å². The van der Waals surface area contributed by atoms with Crippen molar-refractivity contribution in [1.82, 2.24) is 0 Å². The first-order valence-electron chi connectivity index (χ1n) is 5.80. The van der Waals surface area contributed by atoms with Gasteiger partial charge in [0.1, 0.15) is 0 Å². The summed E-state index contributed by atoms with van der Waals surface area (Å²) < 4.78 is 5.84. The second kappa shape index (κ2) is 6.18. The van der Waals surface area contributed by atoms with Crippen LogP contribution in [0, 0.1) is 0 Å². The van der Waals surface area contributed by atoms with E-state index < -0.39 is 0 Å². The van der Waals surface area contributed by atoms with Crippen LogP contribution in [0.5, 0.6) is 0 Å². The fraction of sp³-hybridized carbons (Fsp3) is 0.200. The summed E-state index contributed by atoms with van der Waals surface area (Å²) in [7, 11) is 0. The SMILES string of the molecule is NC[C@@H](OCc1ccccc1)c1ccccc1. The van der Waals surface area contributed by atoms with Gasteiger partial charge >= 0.3 is 0 Å². The monoisotopic (exact) mass is 227 g/mol. The molecule has 2 rings (SSSR count). The molecule has 0 unspecified atom stereocenters. The third-order valence-electron chi connectivity index (χ3n) is 2.68. The van der Waals surface area contributed by atoms with E-state index in [1.54, 1.807) is 0 Å². The normalized spacial score (nSPS) is 12.3. The summed E-state index contributed by atoms with van der Waals surface area (Å²) in [6.45, 7) is 1.09. The van der Waals surface area contributed by atoms with Crippen LogP contribution >= 0.6 is 0 Å². The van der Waals surface area contributed by atoms with E-state index in [0.29, 0.717) is 13.2 Å². The van der Waals surface area contributed by atoms with Crippen molar-refractivity contribution < 1.29 is 4.74 Å². The highest BCUT2D eigenvalue weighted by atomic mass is 16.5. The zero-order valence-electron chi connectivity index (χ0n) is 9.75. The lowest BCUT2D eigenvalue weighted by Crippen LogP contribution is -2.15. The molecule has 0 aliphatic rings. The average Bonchev–Trinajstić information content (AvgIpc) is 2.42. The zero-order valence-corrected chi connectivity index (χ0v) is 9.75. The Bertz CT molecular complexity index is 427. The first-order chi connectivity index (χ1) is 8.40. The van der Waals surface area contributed by atoms with Crippen molar-refractivity contribution in [3.8, 4) is 0 Å². The molecule has 0 amide bonds. The van der Waals surface area contributed by atoms with Crippen LogP contribution < -0.4 is 5.73 Å². The van der Waals surface area contributed by atoms with Crippen LogP contribution in [0.4, 0.5) is 0 Å².